The lowest BCUT2D eigenvalue weighted by atomic mass is 9.77. The average molecular weight is 298 g/mol. The Morgan fingerprint density at radius 1 is 1.05 bits per heavy atom. The minimum absolute atomic E-state index is 0.131. The Kier molecular flexibility index (Phi) is 8.98. The van der Waals surface area contributed by atoms with Crippen molar-refractivity contribution in [1.29, 1.82) is 0 Å². The summed E-state index contributed by atoms with van der Waals surface area (Å²) in [5.41, 5.74) is -0.611. The van der Waals surface area contributed by atoms with E-state index in [0.717, 1.165) is 19.3 Å². The van der Waals surface area contributed by atoms with Crippen LogP contribution in [0.1, 0.15) is 90.9 Å². The van der Waals surface area contributed by atoms with Crippen molar-refractivity contribution in [3.63, 3.8) is 0 Å². The van der Waals surface area contributed by atoms with Gasteiger partial charge in [-0.3, -0.25) is 4.79 Å². The van der Waals surface area contributed by atoms with Crippen LogP contribution in [0.25, 0.3) is 0 Å². The van der Waals surface area contributed by atoms with Gasteiger partial charge in [0.1, 0.15) is 0 Å². The molecule has 1 rings (SSSR count). The quantitative estimate of drug-likeness (QED) is 0.505. The number of carboxylic acids is 1. The molecule has 0 aromatic carbocycles. The monoisotopic (exact) mass is 298 g/mol. The highest BCUT2D eigenvalue weighted by Crippen LogP contribution is 2.40. The van der Waals surface area contributed by atoms with Gasteiger partial charge in [0.25, 0.3) is 0 Å². The third-order valence-electron chi connectivity index (χ3n) is 5.10. The Morgan fingerprint density at radius 3 is 2.00 bits per heavy atom. The standard InChI is InChI=1S/C18H34O3/c1-3-4-5-6-7-8-9-10-11-12-13-18(17(19)20)14-15-21-16(18)2/h16H,3-15H2,1-2H3,(H,19,20). The summed E-state index contributed by atoms with van der Waals surface area (Å²) in [7, 11) is 0. The molecule has 2 atom stereocenters. The molecule has 1 heterocycles. The Bertz CT molecular complexity index is 290. The Hall–Kier alpha value is -0.570. The van der Waals surface area contributed by atoms with Crippen molar-refractivity contribution in [2.75, 3.05) is 6.61 Å². The number of rotatable bonds is 12. The molecule has 0 saturated carbocycles. The third-order valence-corrected chi connectivity index (χ3v) is 5.10. The zero-order valence-corrected chi connectivity index (χ0v) is 14.0. The third kappa shape index (κ3) is 5.98. The molecule has 1 N–H and O–H groups in total. The van der Waals surface area contributed by atoms with E-state index in [2.05, 4.69) is 6.92 Å². The zero-order valence-electron chi connectivity index (χ0n) is 14.0. The predicted molar refractivity (Wildman–Crippen MR) is 86.6 cm³/mol. The molecular weight excluding hydrogens is 264 g/mol. The highest BCUT2D eigenvalue weighted by Gasteiger charge is 2.47. The first-order chi connectivity index (χ1) is 10.1. The maximum atomic E-state index is 11.5. The van der Waals surface area contributed by atoms with E-state index < -0.39 is 11.4 Å². The zero-order chi connectivity index (χ0) is 15.6. The highest BCUT2D eigenvalue weighted by atomic mass is 16.5. The van der Waals surface area contributed by atoms with Gasteiger partial charge in [-0.2, -0.15) is 0 Å². The second-order valence-electron chi connectivity index (χ2n) is 6.66. The SMILES string of the molecule is CCCCCCCCCCCCC1(C(=O)O)CCOC1C. The van der Waals surface area contributed by atoms with Gasteiger partial charge in [0.2, 0.25) is 0 Å². The predicted octanol–water partition coefficient (Wildman–Crippen LogP) is 5.18. The summed E-state index contributed by atoms with van der Waals surface area (Å²) in [4.78, 5) is 11.5. The largest absolute Gasteiger partial charge is 0.481 e. The van der Waals surface area contributed by atoms with E-state index >= 15 is 0 Å². The normalized spacial score (nSPS) is 25.3. The fraction of sp³-hybridized carbons (Fsp3) is 0.944. The van der Waals surface area contributed by atoms with Gasteiger partial charge in [0.05, 0.1) is 11.5 Å². The van der Waals surface area contributed by atoms with E-state index in [1.165, 1.54) is 51.4 Å². The Labute approximate surface area is 130 Å². The molecule has 0 spiro atoms. The van der Waals surface area contributed by atoms with Crippen LogP contribution in [-0.4, -0.2) is 23.8 Å². The van der Waals surface area contributed by atoms with E-state index in [0.29, 0.717) is 13.0 Å². The van der Waals surface area contributed by atoms with Gasteiger partial charge in [0.15, 0.2) is 0 Å². The number of carboxylic acid groups (broad SMARTS) is 1. The molecule has 124 valence electrons. The topological polar surface area (TPSA) is 46.5 Å². The van der Waals surface area contributed by atoms with Crippen LogP contribution >= 0.6 is 0 Å². The van der Waals surface area contributed by atoms with Gasteiger partial charge >= 0.3 is 5.97 Å². The molecule has 1 saturated heterocycles. The number of hydrogen-bond acceptors (Lipinski definition) is 2. The molecule has 1 aliphatic heterocycles. The Morgan fingerprint density at radius 2 is 1.57 bits per heavy atom. The van der Waals surface area contributed by atoms with Crippen molar-refractivity contribution in [1.82, 2.24) is 0 Å². The summed E-state index contributed by atoms with van der Waals surface area (Å²) in [6, 6.07) is 0. The lowest BCUT2D eigenvalue weighted by molar-refractivity contribution is -0.152. The average Bonchev–Trinajstić information content (AvgIpc) is 2.83. The molecule has 3 heteroatoms. The second kappa shape index (κ2) is 10.2. The van der Waals surface area contributed by atoms with Crippen LogP contribution in [0.15, 0.2) is 0 Å². The lowest BCUT2D eigenvalue weighted by Gasteiger charge is -2.27. The molecule has 0 amide bonds. The first-order valence-electron chi connectivity index (χ1n) is 8.98. The highest BCUT2D eigenvalue weighted by molar-refractivity contribution is 5.75. The van der Waals surface area contributed by atoms with E-state index in [9.17, 15) is 9.90 Å². The van der Waals surface area contributed by atoms with Crippen molar-refractivity contribution < 1.29 is 14.6 Å². The molecule has 2 unspecified atom stereocenters. The van der Waals surface area contributed by atoms with Crippen molar-refractivity contribution in [2.24, 2.45) is 5.41 Å². The smallest absolute Gasteiger partial charge is 0.312 e. The van der Waals surface area contributed by atoms with Crippen LogP contribution in [0.5, 0.6) is 0 Å². The minimum atomic E-state index is -0.663. The summed E-state index contributed by atoms with van der Waals surface area (Å²) in [6.45, 7) is 4.77. The fourth-order valence-corrected chi connectivity index (χ4v) is 3.42. The van der Waals surface area contributed by atoms with Crippen LogP contribution < -0.4 is 0 Å². The fourth-order valence-electron chi connectivity index (χ4n) is 3.42. The summed E-state index contributed by atoms with van der Waals surface area (Å²) in [5, 5.41) is 9.50. The molecule has 0 bridgehead atoms. The maximum Gasteiger partial charge on any atom is 0.312 e. The number of carbonyl (C=O) groups is 1. The first-order valence-corrected chi connectivity index (χ1v) is 8.98. The molecule has 0 radical (unpaired) electrons. The first kappa shape index (κ1) is 18.5. The van der Waals surface area contributed by atoms with Crippen molar-refractivity contribution in [2.45, 2.75) is 97.0 Å². The molecule has 0 aromatic heterocycles. The van der Waals surface area contributed by atoms with Gasteiger partial charge in [-0.25, -0.2) is 0 Å². The number of unbranched alkanes of at least 4 members (excludes halogenated alkanes) is 9. The number of hydrogen-bond donors (Lipinski definition) is 1. The van der Waals surface area contributed by atoms with E-state index in [-0.39, 0.29) is 6.10 Å². The van der Waals surface area contributed by atoms with Gasteiger partial charge in [-0.15, -0.1) is 0 Å². The van der Waals surface area contributed by atoms with Crippen molar-refractivity contribution >= 4 is 5.97 Å². The van der Waals surface area contributed by atoms with Crippen LogP contribution in [0.3, 0.4) is 0 Å². The summed E-state index contributed by atoms with van der Waals surface area (Å²) >= 11 is 0. The van der Waals surface area contributed by atoms with Crippen molar-refractivity contribution in [3.05, 3.63) is 0 Å². The molecular formula is C18H34O3. The van der Waals surface area contributed by atoms with Crippen LogP contribution in [-0.2, 0) is 9.53 Å². The second-order valence-corrected chi connectivity index (χ2v) is 6.66. The summed E-state index contributed by atoms with van der Waals surface area (Å²) in [6.07, 6.45) is 14.2. The van der Waals surface area contributed by atoms with Gasteiger partial charge < -0.3 is 9.84 Å². The van der Waals surface area contributed by atoms with Crippen molar-refractivity contribution in [3.8, 4) is 0 Å². The van der Waals surface area contributed by atoms with Crippen LogP contribution in [0, 0.1) is 5.41 Å². The van der Waals surface area contributed by atoms with E-state index in [1.54, 1.807) is 0 Å². The van der Waals surface area contributed by atoms with Crippen LogP contribution in [0.2, 0.25) is 0 Å². The minimum Gasteiger partial charge on any atom is -0.481 e. The summed E-state index contributed by atoms with van der Waals surface area (Å²) < 4.78 is 5.49. The molecule has 21 heavy (non-hydrogen) atoms. The van der Waals surface area contributed by atoms with E-state index in [4.69, 9.17) is 4.74 Å². The van der Waals surface area contributed by atoms with Gasteiger partial charge in [0, 0.05) is 6.61 Å². The van der Waals surface area contributed by atoms with Crippen LogP contribution in [0.4, 0.5) is 0 Å². The lowest BCUT2D eigenvalue weighted by Crippen LogP contribution is -2.37. The maximum absolute atomic E-state index is 11.5. The molecule has 0 aliphatic carbocycles. The number of ether oxygens (including phenoxy) is 1. The molecule has 0 aromatic rings. The molecule has 1 fully saturated rings. The summed E-state index contributed by atoms with van der Waals surface area (Å²) in [5.74, 6) is -0.663. The molecule has 3 nitrogen and oxygen atoms in total. The van der Waals surface area contributed by atoms with Gasteiger partial charge in [-0.05, 0) is 19.8 Å². The van der Waals surface area contributed by atoms with E-state index in [1.807, 2.05) is 6.92 Å². The molecule has 1 aliphatic rings. The van der Waals surface area contributed by atoms with Gasteiger partial charge in [-0.1, -0.05) is 71.1 Å². The Balaban J connectivity index is 2.04. The number of aliphatic carboxylic acids is 1.